The predicted molar refractivity (Wildman–Crippen MR) is 92.5 cm³/mol. The van der Waals surface area contributed by atoms with Crippen molar-refractivity contribution in [1.29, 1.82) is 0 Å². The van der Waals surface area contributed by atoms with Crippen molar-refractivity contribution >= 4 is 0 Å². The van der Waals surface area contributed by atoms with Crippen LogP contribution in [0, 0.1) is 11.8 Å². The second kappa shape index (κ2) is 10.8. The Morgan fingerprint density at radius 2 is 1.90 bits per heavy atom. The van der Waals surface area contributed by atoms with E-state index in [9.17, 15) is 0 Å². The minimum absolute atomic E-state index is 0.690. The molecule has 0 aromatic carbocycles. The molecule has 0 aliphatic carbocycles. The highest BCUT2D eigenvalue weighted by molar-refractivity contribution is 5.32. The van der Waals surface area contributed by atoms with Crippen LogP contribution in [0.3, 0.4) is 0 Å². The van der Waals surface area contributed by atoms with E-state index in [4.69, 9.17) is 5.73 Å². The summed E-state index contributed by atoms with van der Waals surface area (Å²) < 4.78 is 0. The summed E-state index contributed by atoms with van der Waals surface area (Å²) in [5, 5.41) is 0. The number of nitrogens with two attached hydrogens (primary N) is 1. The van der Waals surface area contributed by atoms with Gasteiger partial charge in [-0.3, -0.25) is 0 Å². The fraction of sp³-hybridized carbons (Fsp3) is 0.684. The van der Waals surface area contributed by atoms with Gasteiger partial charge in [-0.25, -0.2) is 0 Å². The van der Waals surface area contributed by atoms with E-state index in [2.05, 4.69) is 47.3 Å². The van der Waals surface area contributed by atoms with Gasteiger partial charge in [-0.2, -0.15) is 0 Å². The Morgan fingerprint density at radius 1 is 1.25 bits per heavy atom. The van der Waals surface area contributed by atoms with Crippen molar-refractivity contribution in [1.82, 2.24) is 0 Å². The summed E-state index contributed by atoms with van der Waals surface area (Å²) >= 11 is 0. The normalized spacial score (nSPS) is 16.1. The summed E-state index contributed by atoms with van der Waals surface area (Å²) in [6, 6.07) is 0. The van der Waals surface area contributed by atoms with Gasteiger partial charge in [0.25, 0.3) is 0 Å². The van der Waals surface area contributed by atoms with Crippen LogP contribution in [0.15, 0.2) is 35.6 Å². The molecule has 1 nitrogen and oxygen atoms in total. The average Bonchev–Trinajstić information content (AvgIpc) is 2.41. The first-order valence-corrected chi connectivity index (χ1v) is 8.20. The van der Waals surface area contributed by atoms with Gasteiger partial charge in [0.1, 0.15) is 0 Å². The summed E-state index contributed by atoms with van der Waals surface area (Å²) in [5.41, 5.74) is 9.74. The van der Waals surface area contributed by atoms with Crippen molar-refractivity contribution < 1.29 is 0 Å². The Morgan fingerprint density at radius 3 is 2.35 bits per heavy atom. The molecule has 0 amide bonds. The molecule has 2 N–H and O–H groups in total. The zero-order chi connectivity index (χ0) is 15.5. The van der Waals surface area contributed by atoms with Crippen LogP contribution in [0.1, 0.15) is 73.1 Å². The topological polar surface area (TPSA) is 26.0 Å². The molecule has 116 valence electrons. The third-order valence-electron chi connectivity index (χ3n) is 4.22. The molecule has 0 aromatic heterocycles. The fourth-order valence-corrected chi connectivity index (χ4v) is 3.02. The van der Waals surface area contributed by atoms with E-state index >= 15 is 0 Å². The zero-order valence-corrected chi connectivity index (χ0v) is 14.3. The van der Waals surface area contributed by atoms with Gasteiger partial charge in [0.2, 0.25) is 0 Å². The maximum atomic E-state index is 5.46. The van der Waals surface area contributed by atoms with Crippen molar-refractivity contribution in [2.24, 2.45) is 17.6 Å². The second-order valence-electron chi connectivity index (χ2n) is 6.14. The van der Waals surface area contributed by atoms with Gasteiger partial charge in [0, 0.05) is 0 Å². The minimum atomic E-state index is 0.690. The molecule has 0 aliphatic heterocycles. The maximum absolute atomic E-state index is 5.46. The van der Waals surface area contributed by atoms with Crippen molar-refractivity contribution in [3.63, 3.8) is 0 Å². The lowest BCUT2D eigenvalue weighted by atomic mass is 9.81. The van der Waals surface area contributed by atoms with E-state index in [0.717, 1.165) is 12.8 Å². The molecule has 0 heterocycles. The van der Waals surface area contributed by atoms with E-state index < -0.39 is 0 Å². The van der Waals surface area contributed by atoms with Crippen LogP contribution in [-0.4, -0.2) is 0 Å². The van der Waals surface area contributed by atoms with Crippen LogP contribution in [-0.2, 0) is 0 Å². The molecular formula is C19H35N. The van der Waals surface area contributed by atoms with Gasteiger partial charge in [-0.05, 0) is 63.1 Å². The summed E-state index contributed by atoms with van der Waals surface area (Å²) in [7, 11) is 0. The summed E-state index contributed by atoms with van der Waals surface area (Å²) in [6.07, 6.45) is 11.1. The number of hydrogen-bond acceptors (Lipinski definition) is 1. The standard InChI is InChI=1S/C19H35N/c1-7-9-12-18(14-16(5)11-10-13-20)17(6)19(8-2)15(3)4/h10,13,16,18H,3,7-9,11-12,14,20H2,1-2,4-6H3/b13-10+,19-17-. The van der Waals surface area contributed by atoms with Gasteiger partial charge >= 0.3 is 0 Å². The molecule has 0 saturated carbocycles. The number of unbranched alkanes of at least 4 members (excludes halogenated alkanes) is 1. The van der Waals surface area contributed by atoms with Crippen molar-refractivity contribution in [3.05, 3.63) is 35.6 Å². The number of rotatable bonds is 10. The number of hydrogen-bond donors (Lipinski definition) is 1. The molecule has 0 spiro atoms. The third-order valence-corrected chi connectivity index (χ3v) is 4.22. The van der Waals surface area contributed by atoms with Gasteiger partial charge in [0.05, 0.1) is 0 Å². The highest BCUT2D eigenvalue weighted by atomic mass is 14.5. The molecule has 2 unspecified atom stereocenters. The molecule has 0 saturated heterocycles. The smallest absolute Gasteiger partial charge is 0.0103 e. The van der Waals surface area contributed by atoms with Crippen LogP contribution in [0.5, 0.6) is 0 Å². The molecule has 20 heavy (non-hydrogen) atoms. The van der Waals surface area contributed by atoms with Crippen molar-refractivity contribution in [2.45, 2.75) is 73.1 Å². The van der Waals surface area contributed by atoms with E-state index in [-0.39, 0.29) is 0 Å². The first-order valence-electron chi connectivity index (χ1n) is 8.20. The Kier molecular flexibility index (Phi) is 10.2. The first-order chi connectivity index (χ1) is 9.47. The van der Waals surface area contributed by atoms with Gasteiger partial charge in [0.15, 0.2) is 0 Å². The molecule has 0 aromatic rings. The SMILES string of the molecule is C=C(C)/C(CC)=C(/C)C(CCCC)CC(C)C/C=C/N. The lowest BCUT2D eigenvalue weighted by molar-refractivity contribution is 0.402. The molecule has 0 rings (SSSR count). The van der Waals surface area contributed by atoms with Crippen molar-refractivity contribution in [3.8, 4) is 0 Å². The minimum Gasteiger partial charge on any atom is -0.405 e. The monoisotopic (exact) mass is 277 g/mol. The molecular weight excluding hydrogens is 242 g/mol. The highest BCUT2D eigenvalue weighted by Gasteiger charge is 2.17. The quantitative estimate of drug-likeness (QED) is 0.488. The van der Waals surface area contributed by atoms with Crippen LogP contribution < -0.4 is 5.73 Å². The molecule has 0 bridgehead atoms. The molecule has 1 heteroatoms. The maximum Gasteiger partial charge on any atom is -0.0103 e. The zero-order valence-electron chi connectivity index (χ0n) is 14.3. The van der Waals surface area contributed by atoms with E-state index in [1.54, 1.807) is 11.8 Å². The Labute approximate surface area is 127 Å². The van der Waals surface area contributed by atoms with Crippen LogP contribution in [0.4, 0.5) is 0 Å². The van der Waals surface area contributed by atoms with E-state index in [1.165, 1.54) is 36.8 Å². The molecule has 0 radical (unpaired) electrons. The largest absolute Gasteiger partial charge is 0.405 e. The average molecular weight is 277 g/mol. The van der Waals surface area contributed by atoms with Crippen LogP contribution in [0.25, 0.3) is 0 Å². The van der Waals surface area contributed by atoms with E-state index in [1.807, 2.05) is 0 Å². The van der Waals surface area contributed by atoms with Gasteiger partial charge < -0.3 is 5.73 Å². The Hall–Kier alpha value is -0.980. The van der Waals surface area contributed by atoms with Gasteiger partial charge in [-0.1, -0.05) is 57.4 Å². The number of allylic oxidation sites excluding steroid dienone is 4. The lowest BCUT2D eigenvalue weighted by Gasteiger charge is -2.24. The van der Waals surface area contributed by atoms with Crippen LogP contribution >= 0.6 is 0 Å². The van der Waals surface area contributed by atoms with Gasteiger partial charge in [-0.15, -0.1) is 0 Å². The third kappa shape index (κ3) is 6.98. The first kappa shape index (κ1) is 19.0. The predicted octanol–water partition coefficient (Wildman–Crippen LogP) is 5.98. The highest BCUT2D eigenvalue weighted by Crippen LogP contribution is 2.31. The Balaban J connectivity index is 4.98. The summed E-state index contributed by atoms with van der Waals surface area (Å²) in [4.78, 5) is 0. The lowest BCUT2D eigenvalue weighted by Crippen LogP contribution is -2.10. The molecule has 0 aliphatic rings. The summed E-state index contributed by atoms with van der Waals surface area (Å²) in [6.45, 7) is 15.5. The summed E-state index contributed by atoms with van der Waals surface area (Å²) in [5.74, 6) is 1.39. The molecule has 0 fully saturated rings. The Bertz CT molecular complexity index is 336. The van der Waals surface area contributed by atoms with Crippen LogP contribution in [0.2, 0.25) is 0 Å². The second-order valence-corrected chi connectivity index (χ2v) is 6.14. The van der Waals surface area contributed by atoms with E-state index in [0.29, 0.717) is 11.8 Å². The fourth-order valence-electron chi connectivity index (χ4n) is 3.02. The van der Waals surface area contributed by atoms with Crippen molar-refractivity contribution in [2.75, 3.05) is 0 Å². The molecule has 2 atom stereocenters.